The Kier molecular flexibility index (Phi) is 19.8. The van der Waals surface area contributed by atoms with Gasteiger partial charge in [-0.3, -0.25) is 0 Å². The van der Waals surface area contributed by atoms with Gasteiger partial charge in [0, 0.05) is 71.7 Å². The minimum Gasteiger partial charge on any atom is -0.208 e. The van der Waals surface area contributed by atoms with E-state index < -0.39 is 0 Å². The van der Waals surface area contributed by atoms with Gasteiger partial charge in [0.2, 0.25) is 0 Å². The lowest BCUT2D eigenvalue weighted by Crippen LogP contribution is -2.14. The molecule has 129 heavy (non-hydrogen) atoms. The number of hydrogen-bond donors (Lipinski definition) is 0. The van der Waals surface area contributed by atoms with E-state index in [1.165, 1.54) is 116 Å². The molecule has 0 saturated carbocycles. The van der Waals surface area contributed by atoms with Crippen molar-refractivity contribution in [2.75, 3.05) is 0 Å². The van der Waals surface area contributed by atoms with Crippen molar-refractivity contribution in [2.24, 2.45) is 0 Å². The number of rotatable bonds is 12. The van der Waals surface area contributed by atoms with E-state index in [0.717, 1.165) is 66.8 Å². The van der Waals surface area contributed by atoms with Gasteiger partial charge in [0.25, 0.3) is 0 Å². The molecule has 612 valence electrons. The molecule has 0 bridgehead atoms. The van der Waals surface area contributed by atoms with Gasteiger partial charge in [0.05, 0.1) is 0 Å². The third-order valence-electron chi connectivity index (χ3n) is 26.2. The van der Waals surface area contributed by atoms with Gasteiger partial charge in [-0.1, -0.05) is 448 Å². The Morgan fingerprint density at radius 1 is 0.147 bits per heavy atom. The van der Waals surface area contributed by atoms with Gasteiger partial charge in [0.15, 0.2) is 52.4 Å². The smallest absolute Gasteiger partial charge is 0.164 e. The van der Waals surface area contributed by atoms with Crippen molar-refractivity contribution in [2.45, 2.75) is 57.8 Å². The van der Waals surface area contributed by atoms with Crippen molar-refractivity contribution in [3.63, 3.8) is 0 Å². The first kappa shape index (κ1) is 78.7. The van der Waals surface area contributed by atoms with Gasteiger partial charge in [0.1, 0.15) is 0 Å². The molecule has 0 N–H and O–H groups in total. The molecule has 21 aromatic rings. The second-order valence-corrected chi connectivity index (χ2v) is 35.1. The molecule has 9 heteroatoms. The van der Waals surface area contributed by atoms with E-state index in [1.807, 2.05) is 97.1 Å². The van der Waals surface area contributed by atoms with Crippen LogP contribution in [0.1, 0.15) is 74.9 Å². The van der Waals surface area contributed by atoms with Crippen molar-refractivity contribution in [3.8, 4) is 169 Å². The molecular weight excluding hydrogens is 1570 g/mol. The minimum atomic E-state index is -0.0901. The zero-order valence-electron chi connectivity index (χ0n) is 72.4. The monoisotopic (exact) mass is 1650 g/mol. The number of hydrogen-bond acceptors (Lipinski definition) is 9. The van der Waals surface area contributed by atoms with E-state index in [1.54, 1.807) is 0 Å². The first-order chi connectivity index (χ1) is 63.2. The summed E-state index contributed by atoms with van der Waals surface area (Å²) >= 11 is 0. The summed E-state index contributed by atoms with van der Waals surface area (Å²) in [4.78, 5) is 45.2. The molecule has 0 amide bonds. The molecule has 0 saturated heterocycles. The van der Waals surface area contributed by atoms with Crippen molar-refractivity contribution < 1.29 is 0 Å². The van der Waals surface area contributed by atoms with Crippen LogP contribution in [-0.2, 0) is 16.2 Å². The lowest BCUT2D eigenvalue weighted by atomic mass is 9.82. The normalized spacial score (nSPS) is 13.1. The Morgan fingerprint density at radius 3 is 0.783 bits per heavy atom. The van der Waals surface area contributed by atoms with Crippen LogP contribution in [0.4, 0.5) is 0 Å². The lowest BCUT2D eigenvalue weighted by Gasteiger charge is -2.21. The zero-order chi connectivity index (χ0) is 86.9. The third-order valence-corrected chi connectivity index (χ3v) is 26.2. The van der Waals surface area contributed by atoms with Crippen LogP contribution in [0.15, 0.2) is 419 Å². The molecule has 3 aliphatic rings. The molecular formula is C120H87N9. The van der Waals surface area contributed by atoms with Crippen LogP contribution < -0.4 is 0 Å². The Balaban J connectivity index is 0.000000114. The molecule has 3 aromatic heterocycles. The van der Waals surface area contributed by atoms with E-state index >= 15 is 0 Å². The molecule has 3 aliphatic carbocycles. The quantitative estimate of drug-likeness (QED) is 0.118. The highest BCUT2D eigenvalue weighted by Crippen LogP contribution is 2.56. The molecule has 24 rings (SSSR count). The van der Waals surface area contributed by atoms with Crippen LogP contribution in [0.3, 0.4) is 0 Å². The minimum absolute atomic E-state index is 0.0253. The summed E-state index contributed by atoms with van der Waals surface area (Å²) in [5.74, 6) is 5.99. The van der Waals surface area contributed by atoms with E-state index in [4.69, 9.17) is 44.9 Å². The van der Waals surface area contributed by atoms with E-state index in [2.05, 4.69) is 363 Å². The summed E-state index contributed by atoms with van der Waals surface area (Å²) in [6.45, 7) is 13.9. The summed E-state index contributed by atoms with van der Waals surface area (Å²) < 4.78 is 0. The Morgan fingerprint density at radius 2 is 0.395 bits per heavy atom. The summed E-state index contributed by atoms with van der Waals surface area (Å²) in [6.07, 6.45) is 0. The first-order valence-corrected chi connectivity index (χ1v) is 44.1. The molecule has 0 unspecified atom stereocenters. The summed E-state index contributed by atoms with van der Waals surface area (Å²) in [5, 5.41) is 7.24. The zero-order valence-corrected chi connectivity index (χ0v) is 72.4. The van der Waals surface area contributed by atoms with Crippen LogP contribution >= 0.6 is 0 Å². The maximum atomic E-state index is 5.15. The number of benzene rings is 18. The van der Waals surface area contributed by atoms with E-state index in [-0.39, 0.29) is 16.2 Å². The maximum Gasteiger partial charge on any atom is 0.164 e. The van der Waals surface area contributed by atoms with Crippen LogP contribution in [-0.4, -0.2) is 44.9 Å². The Bertz CT molecular complexity index is 7870. The van der Waals surface area contributed by atoms with Crippen LogP contribution in [0, 0.1) is 0 Å². The average molecular weight is 1660 g/mol. The van der Waals surface area contributed by atoms with Crippen LogP contribution in [0.2, 0.25) is 0 Å². The summed E-state index contributed by atoms with van der Waals surface area (Å²) in [5.41, 5.74) is 31.6. The number of fused-ring (bicyclic) bond motifs is 15. The molecule has 9 nitrogen and oxygen atoms in total. The molecule has 3 heterocycles. The Labute approximate surface area is 751 Å². The van der Waals surface area contributed by atoms with Crippen LogP contribution in [0.25, 0.3) is 202 Å². The van der Waals surface area contributed by atoms with Gasteiger partial charge >= 0.3 is 0 Å². The van der Waals surface area contributed by atoms with Crippen molar-refractivity contribution in [1.82, 2.24) is 44.9 Å². The van der Waals surface area contributed by atoms with E-state index in [0.29, 0.717) is 52.4 Å². The fourth-order valence-corrected chi connectivity index (χ4v) is 19.5. The van der Waals surface area contributed by atoms with E-state index in [9.17, 15) is 0 Å². The molecule has 0 atom stereocenters. The van der Waals surface area contributed by atoms with Gasteiger partial charge in [-0.05, 0) is 139 Å². The highest BCUT2D eigenvalue weighted by Gasteiger charge is 2.40. The largest absolute Gasteiger partial charge is 0.208 e. The van der Waals surface area contributed by atoms with Gasteiger partial charge < -0.3 is 0 Å². The highest BCUT2D eigenvalue weighted by atomic mass is 15.1. The third kappa shape index (κ3) is 14.4. The number of aromatic nitrogens is 9. The highest BCUT2D eigenvalue weighted by molar-refractivity contribution is 6.10. The fraction of sp³-hybridized carbons (Fsp3) is 0.0750. The predicted octanol–water partition coefficient (Wildman–Crippen LogP) is 30.0. The molecule has 0 aliphatic heterocycles. The predicted molar refractivity (Wildman–Crippen MR) is 530 cm³/mol. The van der Waals surface area contributed by atoms with Gasteiger partial charge in [-0.25, -0.2) is 44.9 Å². The molecule has 0 radical (unpaired) electrons. The topological polar surface area (TPSA) is 116 Å². The number of nitrogens with zero attached hydrogens (tertiary/aromatic N) is 9. The average Bonchev–Trinajstić information content (AvgIpc) is 1.58. The lowest BCUT2D eigenvalue weighted by molar-refractivity contribution is 0.660. The molecule has 0 fully saturated rings. The fourth-order valence-electron chi connectivity index (χ4n) is 19.5. The van der Waals surface area contributed by atoms with Crippen molar-refractivity contribution in [1.29, 1.82) is 0 Å². The molecule has 0 spiro atoms. The van der Waals surface area contributed by atoms with Crippen LogP contribution in [0.5, 0.6) is 0 Å². The maximum absolute atomic E-state index is 5.15. The second-order valence-electron chi connectivity index (χ2n) is 35.1. The second kappa shape index (κ2) is 32.4. The van der Waals surface area contributed by atoms with Gasteiger partial charge in [-0.2, -0.15) is 0 Å². The SMILES string of the molecule is CC1(C)c2ccccc2-c2c1ccc1cc(-c3nc(-c4ccccc4)nc(-c4ccc(-c5ccccc5)cc4)n3)ccc21.CC1(C)c2ccccc2-c2c1ccc1ccc(-c3nc(-c4ccccc4)nc(-c4ccc(-c5ccccc5)cc4)n3)cc21.CC1(C)c2ccccc2-c2c1ccc1cccc(-c3nc(-c4ccccc4)nc(-c4ccc(-c5ccccc5)cc4)n3)c21. The first-order valence-electron chi connectivity index (χ1n) is 44.1. The molecule has 18 aromatic carbocycles. The standard InChI is InChI=1S/3C40H29N3/c1-40(2)33-19-10-9-17-31(33)36-34(40)25-24-28-16-11-18-32(35(28)36)39-42-37(29-14-7-4-8-15-29)41-38(43-39)30-22-20-27(21-23-30)26-12-5-3-6-13-26;1-40(2)34-16-10-9-15-32(34)36-33-25-31(22-19-28(33)23-24-35(36)40)39-42-37(29-13-7-4-8-14-29)41-38(43-39)30-20-17-27(18-21-30)26-11-5-3-6-12-26;1-40(2)34-16-10-9-15-33(34)36-32-23-21-31(25-30(32)22-24-35(36)40)39-42-37(28-13-7-4-8-14-28)41-38(43-39)29-19-17-27(18-20-29)26-11-5-3-6-12-26/h3*3-25H,1-2H3. The van der Waals surface area contributed by atoms with Crippen molar-refractivity contribution in [3.05, 3.63) is 452 Å². The van der Waals surface area contributed by atoms with Crippen molar-refractivity contribution >= 4 is 32.3 Å². The summed E-state index contributed by atoms with van der Waals surface area (Å²) in [6, 6.07) is 147. The van der Waals surface area contributed by atoms with Gasteiger partial charge in [-0.15, -0.1) is 0 Å². The Hall–Kier alpha value is -16.2. The summed E-state index contributed by atoms with van der Waals surface area (Å²) in [7, 11) is 0.